The molecule has 21 heavy (non-hydrogen) atoms. The maximum absolute atomic E-state index is 13.4. The van der Waals surface area contributed by atoms with Crippen LogP contribution in [0.4, 0.5) is 14.5 Å². The largest absolute Gasteiger partial charge is 0.390 e. The molecule has 0 fully saturated rings. The lowest BCUT2D eigenvalue weighted by Crippen LogP contribution is -2.15. The highest BCUT2D eigenvalue weighted by atomic mass is 32.2. The molecule has 112 valence electrons. The molecule has 1 aromatic carbocycles. The van der Waals surface area contributed by atoms with Crippen molar-refractivity contribution in [3.63, 3.8) is 0 Å². The normalized spacial score (nSPS) is 10.7. The Hall–Kier alpha value is -1.93. The third-order valence-electron chi connectivity index (χ3n) is 2.74. The van der Waals surface area contributed by atoms with E-state index in [0.717, 1.165) is 30.0 Å². The second-order valence-electron chi connectivity index (χ2n) is 4.21. The first-order chi connectivity index (χ1) is 10.0. The highest BCUT2D eigenvalue weighted by molar-refractivity contribution is 7.99. The molecule has 2 N–H and O–H groups in total. The number of aromatic nitrogens is 2. The van der Waals surface area contributed by atoms with Crippen molar-refractivity contribution in [3.05, 3.63) is 41.7 Å². The molecule has 0 aliphatic carbocycles. The Labute approximate surface area is 124 Å². The molecule has 0 aliphatic rings. The van der Waals surface area contributed by atoms with Crippen molar-refractivity contribution in [2.45, 2.75) is 11.8 Å². The summed E-state index contributed by atoms with van der Waals surface area (Å²) in [6.07, 6.45) is 1.51. The van der Waals surface area contributed by atoms with E-state index in [1.165, 1.54) is 6.20 Å². The molecule has 0 atom stereocenters. The Bertz CT molecular complexity index is 661. The van der Waals surface area contributed by atoms with E-state index in [9.17, 15) is 13.6 Å². The monoisotopic (exact) mass is 313 g/mol. The Morgan fingerprint density at radius 1 is 1.48 bits per heavy atom. The number of aliphatic hydroxyl groups excluding tert-OH is 1. The van der Waals surface area contributed by atoms with E-state index in [-0.39, 0.29) is 18.0 Å². The summed E-state index contributed by atoms with van der Waals surface area (Å²) in [5, 5.41) is 11.9. The van der Waals surface area contributed by atoms with Crippen molar-refractivity contribution in [3.8, 4) is 0 Å². The van der Waals surface area contributed by atoms with Gasteiger partial charge in [0.25, 0.3) is 0 Å². The van der Waals surface area contributed by atoms with Crippen LogP contribution in [0.3, 0.4) is 0 Å². The van der Waals surface area contributed by atoms with Crippen molar-refractivity contribution < 1.29 is 18.7 Å². The van der Waals surface area contributed by atoms with Gasteiger partial charge in [0, 0.05) is 13.1 Å². The summed E-state index contributed by atoms with van der Waals surface area (Å²) in [5.74, 6) is -1.81. The van der Waals surface area contributed by atoms with E-state index in [2.05, 4.69) is 10.3 Å². The number of carbonyl (C=O) groups excluding carboxylic acids is 1. The van der Waals surface area contributed by atoms with Crippen molar-refractivity contribution in [1.29, 1.82) is 0 Å². The van der Waals surface area contributed by atoms with Gasteiger partial charge in [0.2, 0.25) is 5.91 Å². The first-order valence-electron chi connectivity index (χ1n) is 6.00. The molecule has 0 saturated heterocycles. The topological polar surface area (TPSA) is 67.1 Å². The predicted octanol–water partition coefficient (Wildman–Crippen LogP) is 1.92. The fourth-order valence-electron chi connectivity index (χ4n) is 1.62. The summed E-state index contributed by atoms with van der Waals surface area (Å²) in [4.78, 5) is 15.8. The zero-order valence-corrected chi connectivity index (χ0v) is 12.0. The summed E-state index contributed by atoms with van der Waals surface area (Å²) < 4.78 is 28.0. The third kappa shape index (κ3) is 3.79. The smallest absolute Gasteiger partial charge is 0.234 e. The van der Waals surface area contributed by atoms with E-state index in [4.69, 9.17) is 5.11 Å². The summed E-state index contributed by atoms with van der Waals surface area (Å²) >= 11 is 1.13. The van der Waals surface area contributed by atoms with Crippen LogP contribution in [-0.2, 0) is 18.4 Å². The Morgan fingerprint density at radius 2 is 2.24 bits per heavy atom. The maximum atomic E-state index is 13.4. The van der Waals surface area contributed by atoms with Crippen LogP contribution in [0.5, 0.6) is 0 Å². The molecule has 8 heteroatoms. The van der Waals surface area contributed by atoms with Crippen molar-refractivity contribution in [2.24, 2.45) is 7.05 Å². The highest BCUT2D eigenvalue weighted by Crippen LogP contribution is 2.19. The minimum absolute atomic E-state index is 0.00826. The van der Waals surface area contributed by atoms with Crippen LogP contribution in [0.25, 0.3) is 0 Å². The van der Waals surface area contributed by atoms with Gasteiger partial charge in [0.1, 0.15) is 11.6 Å². The number of imidazole rings is 1. The predicted molar refractivity (Wildman–Crippen MR) is 74.8 cm³/mol. The van der Waals surface area contributed by atoms with Gasteiger partial charge in [-0.05, 0) is 12.1 Å². The van der Waals surface area contributed by atoms with Crippen molar-refractivity contribution in [2.75, 3.05) is 11.1 Å². The van der Waals surface area contributed by atoms with Crippen molar-refractivity contribution in [1.82, 2.24) is 9.55 Å². The number of rotatable bonds is 5. The van der Waals surface area contributed by atoms with Crippen LogP contribution in [0, 0.1) is 11.6 Å². The average molecular weight is 313 g/mol. The number of nitrogens with one attached hydrogen (secondary N) is 1. The zero-order valence-electron chi connectivity index (χ0n) is 11.1. The van der Waals surface area contributed by atoms with Gasteiger partial charge in [0.05, 0.1) is 29.9 Å². The maximum Gasteiger partial charge on any atom is 0.234 e. The van der Waals surface area contributed by atoms with Gasteiger partial charge in [-0.2, -0.15) is 0 Å². The molecule has 1 aromatic heterocycles. The second kappa shape index (κ2) is 6.68. The molecule has 0 unspecified atom stereocenters. The fraction of sp³-hybridized carbons (Fsp3) is 0.231. The third-order valence-corrected chi connectivity index (χ3v) is 3.78. The Morgan fingerprint density at radius 3 is 2.90 bits per heavy atom. The molecule has 0 aliphatic heterocycles. The molecule has 5 nitrogen and oxygen atoms in total. The zero-order chi connectivity index (χ0) is 15.4. The van der Waals surface area contributed by atoms with Crippen molar-refractivity contribution >= 4 is 23.4 Å². The number of hydrogen-bond acceptors (Lipinski definition) is 4. The first kappa shape index (κ1) is 15.5. The molecular weight excluding hydrogens is 300 g/mol. The second-order valence-corrected chi connectivity index (χ2v) is 5.15. The fourth-order valence-corrected chi connectivity index (χ4v) is 2.39. The van der Waals surface area contributed by atoms with E-state index >= 15 is 0 Å². The number of anilines is 1. The lowest BCUT2D eigenvalue weighted by atomic mass is 10.3. The molecule has 0 bridgehead atoms. The molecule has 0 saturated carbocycles. The van der Waals surface area contributed by atoms with Gasteiger partial charge in [-0.15, -0.1) is 0 Å². The van der Waals surface area contributed by atoms with Gasteiger partial charge >= 0.3 is 0 Å². The molecule has 1 amide bonds. The number of benzene rings is 1. The van der Waals surface area contributed by atoms with Crippen LogP contribution in [0.15, 0.2) is 29.6 Å². The Balaban J connectivity index is 1.96. The van der Waals surface area contributed by atoms with Crippen LogP contribution in [0.1, 0.15) is 5.69 Å². The van der Waals surface area contributed by atoms with Crippen LogP contribution in [-0.4, -0.2) is 26.3 Å². The van der Waals surface area contributed by atoms with E-state index in [0.29, 0.717) is 10.9 Å². The van der Waals surface area contributed by atoms with Crippen LogP contribution >= 0.6 is 11.8 Å². The number of nitrogens with zero attached hydrogens (tertiary/aromatic N) is 2. The highest BCUT2D eigenvalue weighted by Gasteiger charge is 2.11. The molecule has 0 spiro atoms. The van der Waals surface area contributed by atoms with Crippen LogP contribution in [0.2, 0.25) is 0 Å². The van der Waals surface area contributed by atoms with Gasteiger partial charge in [-0.25, -0.2) is 13.8 Å². The quantitative estimate of drug-likeness (QED) is 0.828. The molecule has 1 heterocycles. The average Bonchev–Trinajstić information content (AvgIpc) is 2.81. The minimum Gasteiger partial charge on any atom is -0.390 e. The van der Waals surface area contributed by atoms with E-state index < -0.39 is 17.5 Å². The molecular formula is C13H13F2N3O2S. The number of hydrogen-bond donors (Lipinski definition) is 2. The van der Waals surface area contributed by atoms with Gasteiger partial charge in [0.15, 0.2) is 5.16 Å². The lowest BCUT2D eigenvalue weighted by molar-refractivity contribution is -0.113. The summed E-state index contributed by atoms with van der Waals surface area (Å²) in [7, 11) is 1.71. The summed E-state index contributed by atoms with van der Waals surface area (Å²) in [5.41, 5.74) is 0.422. The standard InChI is InChI=1S/C13H13F2N3O2S/c1-18-9(6-19)5-16-13(18)21-7-12(20)17-11-4-8(14)2-3-10(11)15/h2-5,19H,6-7H2,1H3,(H,17,20). The minimum atomic E-state index is -0.700. The molecule has 2 rings (SSSR count). The van der Waals surface area contributed by atoms with E-state index in [1.54, 1.807) is 11.6 Å². The summed E-state index contributed by atoms with van der Waals surface area (Å²) in [6.45, 7) is -0.148. The number of thioether (sulfide) groups is 1. The SMILES string of the molecule is Cn1c(CO)cnc1SCC(=O)Nc1cc(F)ccc1F. The molecule has 2 aromatic rings. The number of amides is 1. The number of aliphatic hydroxyl groups is 1. The van der Waals surface area contributed by atoms with Gasteiger partial charge < -0.3 is 15.0 Å². The summed E-state index contributed by atoms with van der Waals surface area (Å²) in [6, 6.07) is 2.84. The number of carbonyl (C=O) groups is 1. The Kier molecular flexibility index (Phi) is 4.92. The van der Waals surface area contributed by atoms with Gasteiger partial charge in [-0.3, -0.25) is 4.79 Å². The lowest BCUT2D eigenvalue weighted by Gasteiger charge is -2.07. The van der Waals surface area contributed by atoms with Crippen LogP contribution < -0.4 is 5.32 Å². The number of halogens is 2. The first-order valence-corrected chi connectivity index (χ1v) is 6.99. The van der Waals surface area contributed by atoms with E-state index in [1.807, 2.05) is 0 Å². The molecule has 0 radical (unpaired) electrons. The van der Waals surface area contributed by atoms with Gasteiger partial charge in [-0.1, -0.05) is 11.8 Å².